The molecule has 3 nitrogen and oxygen atoms in total. The molecule has 70 valence electrons. The van der Waals surface area contributed by atoms with Crippen LogP contribution >= 0.6 is 0 Å². The molecule has 0 aromatic carbocycles. The van der Waals surface area contributed by atoms with Crippen LogP contribution in [0.15, 0.2) is 10.6 Å². The normalized spacial score (nSPS) is 28.2. The van der Waals surface area contributed by atoms with Gasteiger partial charge in [0.25, 0.3) is 0 Å². The molecule has 1 unspecified atom stereocenters. The monoisotopic (exact) mass is 178 g/mol. The summed E-state index contributed by atoms with van der Waals surface area (Å²) in [6, 6.07) is 0.382. The Morgan fingerprint density at radius 1 is 1.38 bits per heavy atom. The summed E-state index contributed by atoms with van der Waals surface area (Å²) in [7, 11) is 0. The maximum Gasteiger partial charge on any atom is 0.211 e. The maximum absolute atomic E-state index is 5.72. The summed E-state index contributed by atoms with van der Waals surface area (Å²) in [6.45, 7) is 1.10. The highest BCUT2D eigenvalue weighted by molar-refractivity contribution is 5.10. The van der Waals surface area contributed by atoms with Crippen LogP contribution in [0.5, 0.6) is 0 Å². The molecule has 0 spiro atoms. The molecule has 1 atom stereocenters. The summed E-state index contributed by atoms with van der Waals surface area (Å²) in [5, 5.41) is 3.39. The van der Waals surface area contributed by atoms with E-state index < -0.39 is 0 Å². The van der Waals surface area contributed by atoms with E-state index in [1.165, 1.54) is 25.7 Å². The van der Waals surface area contributed by atoms with E-state index in [1.54, 1.807) is 0 Å². The number of nitrogens with one attached hydrogen (secondary N) is 1. The van der Waals surface area contributed by atoms with Gasteiger partial charge in [-0.25, -0.2) is 4.98 Å². The highest BCUT2D eigenvalue weighted by atomic mass is 16.4. The van der Waals surface area contributed by atoms with Gasteiger partial charge in [-0.1, -0.05) is 0 Å². The number of hydrogen-bond acceptors (Lipinski definition) is 3. The second-order valence-corrected chi connectivity index (χ2v) is 4.02. The van der Waals surface area contributed by atoms with Gasteiger partial charge in [0.15, 0.2) is 0 Å². The van der Waals surface area contributed by atoms with Gasteiger partial charge in [0.1, 0.15) is 5.76 Å². The van der Waals surface area contributed by atoms with E-state index in [0.717, 1.165) is 18.2 Å². The standard InChI is InChI=1S/C10H14N2O/c1-2-8(11-5-1)10-12-6-9(13-10)7-3-4-7/h6-8,11H,1-5H2. The fourth-order valence-electron chi connectivity index (χ4n) is 1.91. The van der Waals surface area contributed by atoms with E-state index in [0.29, 0.717) is 12.0 Å². The minimum Gasteiger partial charge on any atom is -0.444 e. The Balaban J connectivity index is 1.79. The number of oxazole rings is 1. The molecule has 0 amide bonds. The summed E-state index contributed by atoms with van der Waals surface area (Å²) >= 11 is 0. The highest BCUT2D eigenvalue weighted by Crippen LogP contribution is 2.41. The zero-order chi connectivity index (χ0) is 8.67. The minimum atomic E-state index is 0.382. The minimum absolute atomic E-state index is 0.382. The van der Waals surface area contributed by atoms with E-state index in [2.05, 4.69) is 10.3 Å². The average molecular weight is 178 g/mol. The van der Waals surface area contributed by atoms with Crippen molar-refractivity contribution in [3.05, 3.63) is 17.8 Å². The zero-order valence-corrected chi connectivity index (χ0v) is 7.62. The second-order valence-electron chi connectivity index (χ2n) is 4.02. The topological polar surface area (TPSA) is 38.1 Å². The lowest BCUT2D eigenvalue weighted by Gasteiger charge is -2.03. The van der Waals surface area contributed by atoms with E-state index in [9.17, 15) is 0 Å². The molecule has 1 saturated carbocycles. The largest absolute Gasteiger partial charge is 0.444 e. The molecule has 3 heteroatoms. The first-order valence-electron chi connectivity index (χ1n) is 5.12. The van der Waals surface area contributed by atoms with Crippen LogP contribution in [0.2, 0.25) is 0 Å². The Kier molecular flexibility index (Phi) is 1.65. The first kappa shape index (κ1) is 7.56. The third-order valence-electron chi connectivity index (χ3n) is 2.88. The van der Waals surface area contributed by atoms with E-state index in [-0.39, 0.29) is 0 Å². The third kappa shape index (κ3) is 1.37. The van der Waals surface area contributed by atoms with Crippen LogP contribution in [0, 0.1) is 0 Å². The number of aromatic nitrogens is 1. The quantitative estimate of drug-likeness (QED) is 0.752. The van der Waals surface area contributed by atoms with Crippen molar-refractivity contribution in [2.45, 2.75) is 37.6 Å². The van der Waals surface area contributed by atoms with Gasteiger partial charge in [-0.05, 0) is 32.2 Å². The molecule has 1 aliphatic heterocycles. The lowest BCUT2D eigenvalue weighted by molar-refractivity contribution is 0.405. The zero-order valence-electron chi connectivity index (χ0n) is 7.62. The first-order chi connectivity index (χ1) is 6.43. The summed E-state index contributed by atoms with van der Waals surface area (Å²) < 4.78 is 5.72. The lowest BCUT2D eigenvalue weighted by atomic mass is 10.2. The molecule has 13 heavy (non-hydrogen) atoms. The Bertz CT molecular complexity index is 298. The van der Waals surface area contributed by atoms with Crippen molar-refractivity contribution in [3.8, 4) is 0 Å². The summed E-state index contributed by atoms with van der Waals surface area (Å²) in [4.78, 5) is 4.33. The molecule has 2 fully saturated rings. The van der Waals surface area contributed by atoms with Crippen LogP contribution in [0.3, 0.4) is 0 Å². The third-order valence-corrected chi connectivity index (χ3v) is 2.88. The van der Waals surface area contributed by atoms with E-state index >= 15 is 0 Å². The molecular formula is C10H14N2O. The molecule has 2 aliphatic rings. The van der Waals surface area contributed by atoms with Gasteiger partial charge < -0.3 is 9.73 Å². The van der Waals surface area contributed by atoms with Crippen molar-refractivity contribution in [2.24, 2.45) is 0 Å². The number of rotatable bonds is 2. The Morgan fingerprint density at radius 2 is 2.31 bits per heavy atom. The van der Waals surface area contributed by atoms with Crippen LogP contribution in [-0.4, -0.2) is 11.5 Å². The predicted molar refractivity (Wildman–Crippen MR) is 48.5 cm³/mol. The van der Waals surface area contributed by atoms with Gasteiger partial charge >= 0.3 is 0 Å². The summed E-state index contributed by atoms with van der Waals surface area (Å²) in [6.07, 6.45) is 6.89. The van der Waals surface area contributed by atoms with Gasteiger partial charge in [0.05, 0.1) is 12.2 Å². The second kappa shape index (κ2) is 2.84. The van der Waals surface area contributed by atoms with Gasteiger partial charge in [-0.2, -0.15) is 0 Å². The lowest BCUT2D eigenvalue weighted by Crippen LogP contribution is -2.12. The SMILES string of the molecule is c1nc(C2CCCN2)oc1C1CC1. The fraction of sp³-hybridized carbons (Fsp3) is 0.700. The predicted octanol–water partition coefficient (Wildman–Crippen LogP) is 1.98. The Labute approximate surface area is 77.5 Å². The molecule has 1 aromatic rings. The van der Waals surface area contributed by atoms with E-state index in [4.69, 9.17) is 4.42 Å². The van der Waals surface area contributed by atoms with Gasteiger partial charge in [-0.3, -0.25) is 0 Å². The molecule has 1 aliphatic carbocycles. The van der Waals surface area contributed by atoms with Crippen LogP contribution in [-0.2, 0) is 0 Å². The number of hydrogen-bond donors (Lipinski definition) is 1. The van der Waals surface area contributed by atoms with Gasteiger partial charge in [0, 0.05) is 5.92 Å². The van der Waals surface area contributed by atoms with Crippen molar-refractivity contribution in [2.75, 3.05) is 6.54 Å². The Morgan fingerprint density at radius 3 is 3.00 bits per heavy atom. The molecule has 0 radical (unpaired) electrons. The first-order valence-corrected chi connectivity index (χ1v) is 5.12. The van der Waals surface area contributed by atoms with Crippen LogP contribution in [0.25, 0.3) is 0 Å². The van der Waals surface area contributed by atoms with Crippen molar-refractivity contribution >= 4 is 0 Å². The van der Waals surface area contributed by atoms with Crippen LogP contribution in [0.4, 0.5) is 0 Å². The maximum atomic E-state index is 5.72. The van der Waals surface area contributed by atoms with Crippen molar-refractivity contribution in [1.82, 2.24) is 10.3 Å². The summed E-state index contributed by atoms with van der Waals surface area (Å²) in [5.41, 5.74) is 0. The van der Waals surface area contributed by atoms with Crippen molar-refractivity contribution in [1.29, 1.82) is 0 Å². The van der Waals surface area contributed by atoms with Crippen molar-refractivity contribution < 1.29 is 4.42 Å². The van der Waals surface area contributed by atoms with Gasteiger partial charge in [0.2, 0.25) is 5.89 Å². The molecule has 0 bridgehead atoms. The van der Waals surface area contributed by atoms with Gasteiger partial charge in [-0.15, -0.1) is 0 Å². The molecule has 1 saturated heterocycles. The van der Waals surface area contributed by atoms with Crippen molar-refractivity contribution in [3.63, 3.8) is 0 Å². The molecule has 3 rings (SSSR count). The van der Waals surface area contributed by atoms with E-state index in [1.807, 2.05) is 6.20 Å². The summed E-state index contributed by atoms with van der Waals surface area (Å²) in [5.74, 6) is 2.69. The number of nitrogens with zero attached hydrogens (tertiary/aromatic N) is 1. The molecule has 1 N–H and O–H groups in total. The molecular weight excluding hydrogens is 164 g/mol. The average Bonchev–Trinajstić information content (AvgIpc) is 2.72. The Hall–Kier alpha value is -0.830. The molecule has 1 aromatic heterocycles. The molecule has 2 heterocycles. The van der Waals surface area contributed by atoms with Crippen LogP contribution < -0.4 is 5.32 Å². The highest BCUT2D eigenvalue weighted by Gasteiger charge is 2.29. The fourth-order valence-corrected chi connectivity index (χ4v) is 1.91. The van der Waals surface area contributed by atoms with Crippen LogP contribution in [0.1, 0.15) is 49.3 Å². The smallest absolute Gasteiger partial charge is 0.211 e.